The summed E-state index contributed by atoms with van der Waals surface area (Å²) in [5, 5.41) is 0. The van der Waals surface area contributed by atoms with Gasteiger partial charge in [-0.15, -0.1) is 0 Å². The first-order chi connectivity index (χ1) is 45.2. The van der Waals surface area contributed by atoms with E-state index in [1.54, 1.807) is 4.90 Å². The molecule has 11 rings (SSSR count). The second kappa shape index (κ2) is 34.1. The van der Waals surface area contributed by atoms with Crippen LogP contribution in [0.3, 0.4) is 0 Å². The second-order valence-corrected chi connectivity index (χ2v) is 25.2. The Morgan fingerprint density at radius 3 is 1.26 bits per heavy atom. The molecule has 17 heteroatoms. The van der Waals surface area contributed by atoms with Gasteiger partial charge in [0.15, 0.2) is 11.5 Å². The minimum atomic E-state index is -0.480. The maximum atomic E-state index is 12.2. The van der Waals surface area contributed by atoms with E-state index in [0.29, 0.717) is 108 Å². The molecule has 17 nitrogen and oxygen atoms in total. The largest absolute Gasteiger partial charge is 0.494 e. The number of Topliss-reactive ketones (excluding diaryl/α,β-unsaturated/α-hetero) is 8. The summed E-state index contributed by atoms with van der Waals surface area (Å²) in [5.74, 6) is 2.90. The summed E-state index contributed by atoms with van der Waals surface area (Å²) >= 11 is 0. The van der Waals surface area contributed by atoms with Crippen LogP contribution >= 0.6 is 0 Å². The first-order valence-corrected chi connectivity index (χ1v) is 33.0. The molecular weight excluding hydrogens is 1190 g/mol. The van der Waals surface area contributed by atoms with Crippen LogP contribution in [0.2, 0.25) is 0 Å². The van der Waals surface area contributed by atoms with Gasteiger partial charge in [-0.2, -0.15) is 0 Å². The van der Waals surface area contributed by atoms with Gasteiger partial charge in [-0.05, 0) is 138 Å². The third-order valence-corrected chi connectivity index (χ3v) is 16.8. The molecule has 0 unspecified atom stereocenters. The van der Waals surface area contributed by atoms with E-state index in [2.05, 4.69) is 46.2 Å². The van der Waals surface area contributed by atoms with Crippen molar-refractivity contribution in [1.29, 1.82) is 0 Å². The topological polar surface area (TPSA) is 209 Å². The summed E-state index contributed by atoms with van der Waals surface area (Å²) in [6.07, 6.45) is 3.58. The van der Waals surface area contributed by atoms with Gasteiger partial charge in [0.2, 0.25) is 0 Å². The molecule has 5 aliphatic rings. The fourth-order valence-corrected chi connectivity index (χ4v) is 12.6. The Hall–Kier alpha value is -9.25. The molecule has 5 fully saturated rings. The molecule has 0 spiro atoms. The van der Waals surface area contributed by atoms with Crippen LogP contribution in [0, 0.1) is 0 Å². The predicted octanol–water partition coefficient (Wildman–Crippen LogP) is 14.5. The molecule has 1 heterocycles. The number of carbonyl (C=O) groups is 9. The number of carbonyl (C=O) groups excluding carboxylic acids is 9. The van der Waals surface area contributed by atoms with E-state index in [9.17, 15) is 43.2 Å². The van der Waals surface area contributed by atoms with Gasteiger partial charge in [0.05, 0.1) is 52.1 Å². The minimum absolute atomic E-state index is 0.00898. The number of hydrogen-bond acceptors (Lipinski definition) is 16. The molecule has 6 aromatic carbocycles. The predicted molar refractivity (Wildman–Crippen MR) is 362 cm³/mol. The Kier molecular flexibility index (Phi) is 25.6. The zero-order valence-electron chi connectivity index (χ0n) is 55.4. The fourth-order valence-electron chi connectivity index (χ4n) is 12.6. The van der Waals surface area contributed by atoms with Crippen molar-refractivity contribution in [2.45, 2.75) is 155 Å². The van der Waals surface area contributed by atoms with Crippen LogP contribution in [0.1, 0.15) is 171 Å². The van der Waals surface area contributed by atoms with E-state index in [-0.39, 0.29) is 102 Å². The number of anilines is 4. The number of nitrogens with zero attached hydrogens (tertiary/aromatic N) is 3. The molecule has 1 amide bonds. The Balaban J connectivity index is 0.000000163. The van der Waals surface area contributed by atoms with Gasteiger partial charge in [-0.25, -0.2) is 4.79 Å². The standard InChI is InChI=1S/C24H21NO2.C21H28N2O4.2C16H20O4/c26-23-15-19(16-24(27)17-23)18-11-13-22(14-12-18)25(20-7-3-1-4-8-20)21-9-5-2-6-10-21;1-21(2,3)27-20(26)23-10-8-22(9-11-23)17-6-4-15(5-7-17)16-12-18(24)14-19(25)13-16;1-3-19-14-5-6-15(16(10-14)20-4-2)11-7-12(17)9-13(18)8-11;1-3-19-15-7-5-6-14(16(15)20-4-2)11-8-12(17)10-13(18)9-11/h1-14,19H,15-17H2;4-7,16H,8-14H2,1-3H3;5-6,10-11H,3-4,7-9H2,1-2H3;5-7,11H,3-4,8-10H2,1-2H3. The van der Waals surface area contributed by atoms with Gasteiger partial charge in [0.25, 0.3) is 0 Å². The van der Waals surface area contributed by atoms with E-state index >= 15 is 0 Å². The van der Waals surface area contributed by atoms with Crippen molar-refractivity contribution in [1.82, 2.24) is 4.90 Å². The molecule has 94 heavy (non-hydrogen) atoms. The maximum absolute atomic E-state index is 12.2. The van der Waals surface area contributed by atoms with Crippen LogP contribution in [0.15, 0.2) is 146 Å². The molecule has 4 saturated carbocycles. The molecule has 6 aromatic rings. The highest BCUT2D eigenvalue weighted by Crippen LogP contribution is 2.42. The van der Waals surface area contributed by atoms with Crippen molar-refractivity contribution >= 4 is 75.1 Å². The minimum Gasteiger partial charge on any atom is -0.494 e. The number of para-hydroxylation sites is 3. The molecule has 496 valence electrons. The van der Waals surface area contributed by atoms with E-state index in [4.69, 9.17) is 23.7 Å². The first kappa shape index (κ1) is 70.6. The number of ketones is 8. The van der Waals surface area contributed by atoms with Crippen molar-refractivity contribution < 1.29 is 66.8 Å². The van der Waals surface area contributed by atoms with Crippen molar-refractivity contribution in [2.75, 3.05) is 62.4 Å². The van der Waals surface area contributed by atoms with Crippen LogP contribution in [-0.4, -0.2) is 115 Å². The van der Waals surface area contributed by atoms with Crippen LogP contribution in [0.4, 0.5) is 27.5 Å². The molecule has 0 bridgehead atoms. The van der Waals surface area contributed by atoms with Gasteiger partial charge < -0.3 is 38.4 Å². The smallest absolute Gasteiger partial charge is 0.410 e. The quantitative estimate of drug-likeness (QED) is 0.0825. The maximum Gasteiger partial charge on any atom is 0.410 e. The van der Waals surface area contributed by atoms with Gasteiger partial charge in [0, 0.05) is 124 Å². The third-order valence-electron chi connectivity index (χ3n) is 16.8. The van der Waals surface area contributed by atoms with Crippen molar-refractivity contribution in [3.05, 3.63) is 168 Å². The monoisotopic (exact) mass is 1280 g/mol. The number of hydrogen-bond donors (Lipinski definition) is 0. The summed E-state index contributed by atoms with van der Waals surface area (Å²) < 4.78 is 27.8. The highest BCUT2D eigenvalue weighted by molar-refractivity contribution is 6.04. The SMILES string of the molecule is CC(C)(C)OC(=O)N1CCN(c2ccc(C3CC(=O)CC(=O)C3)cc2)CC1.CCOc1ccc(C2CC(=O)CC(=O)C2)c(OCC)c1.CCOc1cccc(C2CC(=O)CC(=O)C2)c1OCC.O=C1CC(=O)CC(c2ccc(N(c3ccccc3)c3ccccc3)cc2)C1. The molecule has 0 radical (unpaired) electrons. The summed E-state index contributed by atoms with van der Waals surface area (Å²) in [6.45, 7) is 18.2. The first-order valence-electron chi connectivity index (χ1n) is 33.0. The van der Waals surface area contributed by atoms with Crippen LogP contribution in [0.5, 0.6) is 23.0 Å². The summed E-state index contributed by atoms with van der Waals surface area (Å²) in [7, 11) is 0. The Bertz CT molecular complexity index is 3490. The normalized spacial score (nSPS) is 16.8. The van der Waals surface area contributed by atoms with Gasteiger partial charge >= 0.3 is 6.09 Å². The van der Waals surface area contributed by atoms with Gasteiger partial charge in [-0.1, -0.05) is 78.9 Å². The number of benzene rings is 6. The third kappa shape index (κ3) is 20.4. The van der Waals surface area contributed by atoms with Crippen LogP contribution in [0.25, 0.3) is 0 Å². The highest BCUT2D eigenvalue weighted by atomic mass is 16.6. The van der Waals surface area contributed by atoms with Gasteiger partial charge in [-0.3, -0.25) is 38.4 Å². The van der Waals surface area contributed by atoms with Crippen molar-refractivity contribution in [3.8, 4) is 23.0 Å². The Labute approximate surface area is 552 Å². The van der Waals surface area contributed by atoms with E-state index < -0.39 is 5.60 Å². The Morgan fingerprint density at radius 2 is 0.819 bits per heavy atom. The zero-order chi connectivity index (χ0) is 67.3. The highest BCUT2D eigenvalue weighted by Gasteiger charge is 2.33. The lowest BCUT2D eigenvalue weighted by molar-refractivity contribution is -0.131. The molecule has 0 N–H and O–H groups in total. The lowest BCUT2D eigenvalue weighted by atomic mass is 9.82. The lowest BCUT2D eigenvalue weighted by Gasteiger charge is -2.36. The zero-order valence-corrected chi connectivity index (χ0v) is 55.4. The fraction of sp³-hybridized carbons (Fsp3) is 0.416. The lowest BCUT2D eigenvalue weighted by Crippen LogP contribution is -2.50. The average Bonchev–Trinajstić information content (AvgIpc) is 0.854. The molecule has 0 atom stereocenters. The molecule has 1 saturated heterocycles. The molecule has 4 aliphatic carbocycles. The summed E-state index contributed by atoms with van der Waals surface area (Å²) in [4.78, 5) is 112. The van der Waals surface area contributed by atoms with E-state index in [1.807, 2.05) is 158 Å². The van der Waals surface area contributed by atoms with Crippen LogP contribution in [-0.2, 0) is 43.1 Å². The summed E-state index contributed by atoms with van der Waals surface area (Å²) in [6, 6.07) is 48.1. The number of ether oxygens (including phenoxy) is 5. The van der Waals surface area contributed by atoms with Crippen LogP contribution < -0.4 is 28.7 Å². The number of rotatable bonds is 16. The van der Waals surface area contributed by atoms with Crippen molar-refractivity contribution in [2.24, 2.45) is 0 Å². The van der Waals surface area contributed by atoms with E-state index in [0.717, 1.165) is 63.8 Å². The molecule has 1 aliphatic heterocycles. The summed E-state index contributed by atoms with van der Waals surface area (Å²) in [5.41, 5.74) is 7.76. The second-order valence-electron chi connectivity index (χ2n) is 25.2. The van der Waals surface area contributed by atoms with E-state index in [1.165, 1.54) is 0 Å². The van der Waals surface area contributed by atoms with Gasteiger partial charge in [0.1, 0.15) is 63.4 Å². The Morgan fingerprint density at radius 1 is 0.415 bits per heavy atom. The number of amides is 1. The molecular formula is C77H89N3O14. The molecule has 0 aromatic heterocycles. The average molecular weight is 1280 g/mol. The number of piperazine rings is 1. The van der Waals surface area contributed by atoms with Crippen molar-refractivity contribution in [3.63, 3.8) is 0 Å².